The van der Waals surface area contributed by atoms with Crippen molar-refractivity contribution in [2.45, 2.75) is 0 Å². The monoisotopic (exact) mass is 204 g/mol. The van der Waals surface area contributed by atoms with Crippen LogP contribution < -0.4 is 5.30 Å². The molecule has 0 amide bonds. The van der Waals surface area contributed by atoms with Gasteiger partial charge in [0.25, 0.3) is 0 Å². The first-order chi connectivity index (χ1) is 6.70. The van der Waals surface area contributed by atoms with Crippen LogP contribution in [0.15, 0.2) is 36.4 Å². The van der Waals surface area contributed by atoms with Crippen LogP contribution in [-0.4, -0.2) is 18.4 Å². The van der Waals surface area contributed by atoms with Gasteiger partial charge in [0.1, 0.15) is 5.75 Å². The molecule has 2 aromatic rings. The van der Waals surface area contributed by atoms with E-state index in [9.17, 15) is 5.11 Å². The molecule has 0 atom stereocenters. The zero-order chi connectivity index (χ0) is 10.1. The second-order valence-electron chi connectivity index (χ2n) is 3.54. The van der Waals surface area contributed by atoms with Crippen LogP contribution in [0, 0.1) is 0 Å². The van der Waals surface area contributed by atoms with Crippen LogP contribution in [0.5, 0.6) is 5.75 Å². The standard InChI is InChI=1S/C12H13OP/c1-14(2)12-8-7-11(13)9-5-3-4-6-10(9)12/h3-8,13H,1-2H3. The fourth-order valence-corrected chi connectivity index (χ4v) is 2.71. The lowest BCUT2D eigenvalue weighted by Crippen LogP contribution is -2.00. The average Bonchev–Trinajstić information content (AvgIpc) is 2.18. The Balaban J connectivity index is 2.82. The van der Waals surface area contributed by atoms with Gasteiger partial charge in [-0.05, 0) is 30.1 Å². The molecule has 0 aliphatic heterocycles. The fraction of sp³-hybridized carbons (Fsp3) is 0.167. The highest BCUT2D eigenvalue weighted by Gasteiger charge is 2.06. The van der Waals surface area contributed by atoms with Gasteiger partial charge < -0.3 is 5.11 Å². The summed E-state index contributed by atoms with van der Waals surface area (Å²) < 4.78 is 0. The molecule has 2 rings (SSSR count). The van der Waals surface area contributed by atoms with Crippen molar-refractivity contribution in [3.63, 3.8) is 0 Å². The Bertz CT molecular complexity index is 463. The molecule has 0 aromatic heterocycles. The lowest BCUT2D eigenvalue weighted by atomic mass is 10.1. The first-order valence-electron chi connectivity index (χ1n) is 4.58. The van der Waals surface area contributed by atoms with Gasteiger partial charge in [0.2, 0.25) is 0 Å². The lowest BCUT2D eigenvalue weighted by molar-refractivity contribution is 0.482. The summed E-state index contributed by atoms with van der Waals surface area (Å²) >= 11 is 0. The van der Waals surface area contributed by atoms with Crippen molar-refractivity contribution < 1.29 is 5.11 Å². The molecule has 14 heavy (non-hydrogen) atoms. The average molecular weight is 204 g/mol. The molecule has 0 saturated carbocycles. The van der Waals surface area contributed by atoms with E-state index in [1.165, 1.54) is 10.7 Å². The van der Waals surface area contributed by atoms with E-state index in [1.807, 2.05) is 24.3 Å². The summed E-state index contributed by atoms with van der Waals surface area (Å²) in [5, 5.41) is 13.2. The molecule has 0 fully saturated rings. The van der Waals surface area contributed by atoms with Gasteiger partial charge in [-0.1, -0.05) is 38.3 Å². The molecule has 0 spiro atoms. The SMILES string of the molecule is CP(C)c1ccc(O)c2ccccc12. The molecular formula is C12H13OP. The quantitative estimate of drug-likeness (QED) is 0.708. The molecule has 1 N–H and O–H groups in total. The molecule has 0 heterocycles. The molecule has 2 heteroatoms. The van der Waals surface area contributed by atoms with Crippen molar-refractivity contribution >= 4 is 24.0 Å². The van der Waals surface area contributed by atoms with Gasteiger partial charge >= 0.3 is 0 Å². The summed E-state index contributed by atoms with van der Waals surface area (Å²) in [4.78, 5) is 0. The van der Waals surface area contributed by atoms with E-state index in [4.69, 9.17) is 0 Å². The number of benzene rings is 2. The van der Waals surface area contributed by atoms with Crippen molar-refractivity contribution in [2.24, 2.45) is 0 Å². The molecule has 0 saturated heterocycles. The highest BCUT2D eigenvalue weighted by Crippen LogP contribution is 2.32. The highest BCUT2D eigenvalue weighted by molar-refractivity contribution is 7.64. The fourth-order valence-electron chi connectivity index (χ4n) is 1.66. The van der Waals surface area contributed by atoms with Gasteiger partial charge in [-0.25, -0.2) is 0 Å². The number of phenolic OH excluding ortho intramolecular Hbond substituents is 1. The van der Waals surface area contributed by atoms with E-state index in [0.29, 0.717) is 5.75 Å². The summed E-state index contributed by atoms with van der Waals surface area (Å²) in [5.41, 5.74) is 0. The normalized spacial score (nSPS) is 11.1. The van der Waals surface area contributed by atoms with Crippen LogP contribution in [0.1, 0.15) is 0 Å². The third kappa shape index (κ3) is 1.49. The summed E-state index contributed by atoms with van der Waals surface area (Å²) in [6, 6.07) is 11.8. The van der Waals surface area contributed by atoms with Crippen LogP contribution in [0.4, 0.5) is 0 Å². The van der Waals surface area contributed by atoms with E-state index >= 15 is 0 Å². The van der Waals surface area contributed by atoms with E-state index in [1.54, 1.807) is 6.07 Å². The Labute approximate surface area is 85.1 Å². The number of aromatic hydroxyl groups is 1. The molecule has 72 valence electrons. The molecule has 2 aromatic carbocycles. The minimum Gasteiger partial charge on any atom is -0.507 e. The van der Waals surface area contributed by atoms with E-state index < -0.39 is 0 Å². The molecule has 0 radical (unpaired) electrons. The van der Waals surface area contributed by atoms with Crippen molar-refractivity contribution in [1.82, 2.24) is 0 Å². The zero-order valence-corrected chi connectivity index (χ0v) is 9.25. The minimum atomic E-state index is -0.119. The maximum absolute atomic E-state index is 9.68. The number of hydrogen-bond donors (Lipinski definition) is 1. The van der Waals surface area contributed by atoms with Crippen molar-refractivity contribution in [3.05, 3.63) is 36.4 Å². The second kappa shape index (κ2) is 3.59. The second-order valence-corrected chi connectivity index (χ2v) is 5.81. The van der Waals surface area contributed by atoms with Crippen LogP contribution in [-0.2, 0) is 0 Å². The Hall–Kier alpha value is -1.07. The molecular weight excluding hydrogens is 191 g/mol. The first-order valence-corrected chi connectivity index (χ1v) is 6.82. The summed E-state index contributed by atoms with van der Waals surface area (Å²) in [5.74, 6) is 0.376. The Morgan fingerprint density at radius 3 is 2.21 bits per heavy atom. The summed E-state index contributed by atoms with van der Waals surface area (Å²) in [6.45, 7) is 4.46. The van der Waals surface area contributed by atoms with E-state index in [2.05, 4.69) is 19.4 Å². The Morgan fingerprint density at radius 2 is 1.57 bits per heavy atom. The smallest absolute Gasteiger partial charge is 0.123 e. The van der Waals surface area contributed by atoms with E-state index in [-0.39, 0.29) is 7.92 Å². The van der Waals surface area contributed by atoms with Crippen molar-refractivity contribution in [1.29, 1.82) is 0 Å². The molecule has 0 aliphatic rings. The Kier molecular flexibility index (Phi) is 2.43. The van der Waals surface area contributed by atoms with Crippen LogP contribution in [0.25, 0.3) is 10.8 Å². The number of hydrogen-bond acceptors (Lipinski definition) is 1. The molecule has 0 unspecified atom stereocenters. The topological polar surface area (TPSA) is 20.2 Å². The molecule has 0 aliphatic carbocycles. The third-order valence-corrected chi connectivity index (χ3v) is 3.71. The van der Waals surface area contributed by atoms with Gasteiger partial charge in [-0.3, -0.25) is 0 Å². The minimum absolute atomic E-state index is 0.119. The molecule has 0 bridgehead atoms. The van der Waals surface area contributed by atoms with Crippen molar-refractivity contribution in [2.75, 3.05) is 13.3 Å². The van der Waals surface area contributed by atoms with Gasteiger partial charge in [0.05, 0.1) is 0 Å². The van der Waals surface area contributed by atoms with Crippen molar-refractivity contribution in [3.8, 4) is 5.75 Å². The molecule has 1 nitrogen and oxygen atoms in total. The van der Waals surface area contributed by atoms with Gasteiger partial charge in [0, 0.05) is 5.39 Å². The van der Waals surface area contributed by atoms with Crippen LogP contribution >= 0.6 is 7.92 Å². The highest BCUT2D eigenvalue weighted by atomic mass is 31.1. The van der Waals surface area contributed by atoms with Gasteiger partial charge in [-0.15, -0.1) is 0 Å². The first kappa shape index (κ1) is 9.48. The number of rotatable bonds is 1. The Morgan fingerprint density at radius 1 is 0.929 bits per heavy atom. The summed E-state index contributed by atoms with van der Waals surface area (Å²) in [7, 11) is -0.119. The largest absolute Gasteiger partial charge is 0.507 e. The number of phenols is 1. The predicted molar refractivity (Wildman–Crippen MR) is 64.0 cm³/mol. The lowest BCUT2D eigenvalue weighted by Gasteiger charge is -2.10. The maximum atomic E-state index is 9.68. The van der Waals surface area contributed by atoms with Crippen LogP contribution in [0.3, 0.4) is 0 Å². The predicted octanol–water partition coefficient (Wildman–Crippen LogP) is 2.91. The third-order valence-electron chi connectivity index (χ3n) is 2.36. The zero-order valence-electron chi connectivity index (χ0n) is 8.36. The van der Waals surface area contributed by atoms with Gasteiger partial charge in [-0.2, -0.15) is 0 Å². The van der Waals surface area contributed by atoms with Crippen LogP contribution in [0.2, 0.25) is 0 Å². The van der Waals surface area contributed by atoms with Gasteiger partial charge in [0.15, 0.2) is 0 Å². The maximum Gasteiger partial charge on any atom is 0.123 e. The number of fused-ring (bicyclic) bond motifs is 1. The summed E-state index contributed by atoms with van der Waals surface area (Å²) in [6.07, 6.45) is 0. The van der Waals surface area contributed by atoms with E-state index in [0.717, 1.165) is 5.39 Å².